The molecule has 0 unspecified atom stereocenters. The molecule has 17 heavy (non-hydrogen) atoms. The van der Waals surface area contributed by atoms with Gasteiger partial charge >= 0.3 is 0 Å². The lowest BCUT2D eigenvalue weighted by Crippen LogP contribution is -2.32. The fourth-order valence-electron chi connectivity index (χ4n) is 4.29. The predicted molar refractivity (Wildman–Crippen MR) is 67.8 cm³/mol. The van der Waals surface area contributed by atoms with Crippen molar-refractivity contribution in [3.05, 3.63) is 42.5 Å². The van der Waals surface area contributed by atoms with E-state index in [0.717, 1.165) is 29.4 Å². The molecule has 0 aromatic heterocycles. The van der Waals surface area contributed by atoms with Crippen molar-refractivity contribution in [2.24, 2.45) is 23.7 Å². The van der Waals surface area contributed by atoms with Gasteiger partial charge in [0, 0.05) is 5.92 Å². The molecule has 4 rings (SSSR count). The van der Waals surface area contributed by atoms with Gasteiger partial charge in [0.25, 0.3) is 0 Å². The van der Waals surface area contributed by atoms with Crippen LogP contribution in [0.25, 0.3) is 0 Å². The largest absolute Gasteiger partial charge is 0.490 e. The minimum absolute atomic E-state index is 0.464. The van der Waals surface area contributed by atoms with E-state index in [2.05, 4.69) is 36.4 Å². The highest BCUT2D eigenvalue weighted by molar-refractivity contribution is 5.23. The van der Waals surface area contributed by atoms with Gasteiger partial charge < -0.3 is 4.74 Å². The van der Waals surface area contributed by atoms with Gasteiger partial charge in [0.15, 0.2) is 0 Å². The highest BCUT2D eigenvalue weighted by Crippen LogP contribution is 2.57. The van der Waals surface area contributed by atoms with E-state index in [0.29, 0.717) is 6.10 Å². The number of rotatable bonds is 2. The van der Waals surface area contributed by atoms with Gasteiger partial charge in [-0.25, -0.2) is 0 Å². The first-order chi connectivity index (χ1) is 8.42. The molecule has 2 bridgehead atoms. The Labute approximate surface area is 102 Å². The van der Waals surface area contributed by atoms with Gasteiger partial charge in [-0.15, -0.1) is 0 Å². The summed E-state index contributed by atoms with van der Waals surface area (Å²) in [7, 11) is 0. The normalized spacial score (nSPS) is 41.8. The first kappa shape index (κ1) is 9.76. The maximum Gasteiger partial charge on any atom is 0.119 e. The van der Waals surface area contributed by atoms with E-state index >= 15 is 0 Å². The number of ether oxygens (including phenoxy) is 1. The lowest BCUT2D eigenvalue weighted by Gasteiger charge is -2.31. The number of benzene rings is 1. The van der Waals surface area contributed by atoms with Crippen molar-refractivity contribution in [2.45, 2.75) is 25.4 Å². The summed E-state index contributed by atoms with van der Waals surface area (Å²) in [5.74, 6) is 4.53. The van der Waals surface area contributed by atoms with Gasteiger partial charge in [0.2, 0.25) is 0 Å². The molecular formula is C16H18O. The van der Waals surface area contributed by atoms with Crippen LogP contribution >= 0.6 is 0 Å². The third kappa shape index (κ3) is 1.45. The molecule has 1 heteroatoms. The van der Waals surface area contributed by atoms with Crippen molar-refractivity contribution in [2.75, 3.05) is 0 Å². The molecule has 0 aliphatic heterocycles. The topological polar surface area (TPSA) is 9.23 Å². The van der Waals surface area contributed by atoms with Crippen molar-refractivity contribution < 1.29 is 4.74 Å². The molecule has 3 aliphatic carbocycles. The highest BCUT2D eigenvalue weighted by Gasteiger charge is 2.53. The van der Waals surface area contributed by atoms with Gasteiger partial charge in [-0.2, -0.15) is 0 Å². The second-order valence-corrected chi connectivity index (χ2v) is 5.77. The third-order valence-electron chi connectivity index (χ3n) is 4.98. The van der Waals surface area contributed by atoms with E-state index in [1.807, 2.05) is 6.07 Å². The van der Waals surface area contributed by atoms with Crippen LogP contribution in [-0.2, 0) is 0 Å². The second kappa shape index (κ2) is 3.63. The summed E-state index contributed by atoms with van der Waals surface area (Å²) >= 11 is 0. The summed E-state index contributed by atoms with van der Waals surface area (Å²) < 4.78 is 6.18. The molecule has 2 saturated carbocycles. The summed E-state index contributed by atoms with van der Waals surface area (Å²) in [6, 6.07) is 10.3. The molecule has 0 heterocycles. The average molecular weight is 226 g/mol. The number of allylic oxidation sites excluding steroid dienone is 2. The van der Waals surface area contributed by atoms with Crippen molar-refractivity contribution >= 4 is 0 Å². The lowest BCUT2D eigenvalue weighted by molar-refractivity contribution is 0.0955. The molecule has 2 fully saturated rings. The number of para-hydroxylation sites is 1. The van der Waals surface area contributed by atoms with Gasteiger partial charge in [-0.3, -0.25) is 0 Å². The molecule has 88 valence electrons. The number of hydrogen-bond donors (Lipinski definition) is 0. The molecule has 1 aromatic carbocycles. The Morgan fingerprint density at radius 3 is 2.76 bits per heavy atom. The zero-order valence-corrected chi connectivity index (χ0v) is 9.96. The highest BCUT2D eigenvalue weighted by atomic mass is 16.5. The predicted octanol–water partition coefficient (Wildman–Crippen LogP) is 3.67. The molecule has 0 saturated heterocycles. The van der Waals surface area contributed by atoms with E-state index in [9.17, 15) is 0 Å². The fourth-order valence-corrected chi connectivity index (χ4v) is 4.29. The Kier molecular flexibility index (Phi) is 2.08. The average Bonchev–Trinajstić information content (AvgIpc) is 3.01. The summed E-state index contributed by atoms with van der Waals surface area (Å²) in [4.78, 5) is 0. The maximum atomic E-state index is 6.18. The first-order valence-electron chi connectivity index (χ1n) is 6.80. The molecule has 0 spiro atoms. The Bertz CT molecular complexity index is 436. The number of fused-ring (bicyclic) bond motifs is 5. The van der Waals surface area contributed by atoms with E-state index < -0.39 is 0 Å². The molecule has 0 radical (unpaired) electrons. The van der Waals surface area contributed by atoms with Crippen LogP contribution in [0.5, 0.6) is 5.75 Å². The van der Waals surface area contributed by atoms with Crippen LogP contribution in [-0.4, -0.2) is 6.10 Å². The Morgan fingerprint density at radius 1 is 1.00 bits per heavy atom. The van der Waals surface area contributed by atoms with Crippen LogP contribution in [0, 0.1) is 23.7 Å². The molecular weight excluding hydrogens is 208 g/mol. The Hall–Kier alpha value is -1.24. The summed E-state index contributed by atoms with van der Waals surface area (Å²) in [5, 5.41) is 0. The van der Waals surface area contributed by atoms with Crippen LogP contribution in [0.4, 0.5) is 0 Å². The maximum absolute atomic E-state index is 6.18. The number of hydrogen-bond acceptors (Lipinski definition) is 1. The van der Waals surface area contributed by atoms with Crippen LogP contribution < -0.4 is 4.74 Å². The fraction of sp³-hybridized carbons (Fsp3) is 0.500. The van der Waals surface area contributed by atoms with Gasteiger partial charge in [-0.1, -0.05) is 30.4 Å². The van der Waals surface area contributed by atoms with E-state index in [1.165, 1.54) is 19.3 Å². The molecule has 5 atom stereocenters. The summed E-state index contributed by atoms with van der Waals surface area (Å²) in [5.41, 5.74) is 0. The van der Waals surface area contributed by atoms with Gasteiger partial charge in [0.05, 0.1) is 0 Å². The zero-order valence-electron chi connectivity index (χ0n) is 9.96. The van der Waals surface area contributed by atoms with E-state index in [1.54, 1.807) is 0 Å². The first-order valence-corrected chi connectivity index (χ1v) is 6.80. The van der Waals surface area contributed by atoms with Gasteiger partial charge in [-0.05, 0) is 49.1 Å². The van der Waals surface area contributed by atoms with E-state index in [4.69, 9.17) is 4.74 Å². The lowest BCUT2D eigenvalue weighted by atomic mass is 9.80. The monoisotopic (exact) mass is 226 g/mol. The second-order valence-electron chi connectivity index (χ2n) is 5.77. The SMILES string of the molecule is C1=C[C@H]2[C@H](C1)[C@@H]1C[C@@H]2[C@@H](Oc2ccccc2)C1. The molecule has 3 aliphatic rings. The van der Waals surface area contributed by atoms with Crippen molar-refractivity contribution in [3.8, 4) is 5.75 Å². The third-order valence-corrected chi connectivity index (χ3v) is 4.98. The summed E-state index contributed by atoms with van der Waals surface area (Å²) in [6.45, 7) is 0. The van der Waals surface area contributed by atoms with Crippen LogP contribution in [0.1, 0.15) is 19.3 Å². The van der Waals surface area contributed by atoms with Crippen molar-refractivity contribution in [1.29, 1.82) is 0 Å². The van der Waals surface area contributed by atoms with Gasteiger partial charge in [0.1, 0.15) is 11.9 Å². The minimum Gasteiger partial charge on any atom is -0.490 e. The van der Waals surface area contributed by atoms with Crippen molar-refractivity contribution in [3.63, 3.8) is 0 Å². The van der Waals surface area contributed by atoms with Crippen LogP contribution in [0.15, 0.2) is 42.5 Å². The molecule has 0 amide bonds. The van der Waals surface area contributed by atoms with Crippen molar-refractivity contribution in [1.82, 2.24) is 0 Å². The summed E-state index contributed by atoms with van der Waals surface area (Å²) in [6.07, 6.45) is 9.31. The van der Waals surface area contributed by atoms with E-state index in [-0.39, 0.29) is 0 Å². The Balaban J connectivity index is 1.53. The molecule has 0 N–H and O–H groups in total. The standard InChI is InChI=1S/C16H18O/c1-2-5-12(6-3-1)17-16-10-11-9-15(16)14-8-4-7-13(11)14/h1-6,8,11,13-16H,7,9-10H2/t11-,13-,14+,15+,16+/m1/s1. The molecule has 1 nitrogen and oxygen atoms in total. The Morgan fingerprint density at radius 2 is 1.88 bits per heavy atom. The zero-order chi connectivity index (χ0) is 11.2. The quantitative estimate of drug-likeness (QED) is 0.699. The van der Waals surface area contributed by atoms with Crippen LogP contribution in [0.3, 0.4) is 0 Å². The smallest absolute Gasteiger partial charge is 0.119 e. The minimum atomic E-state index is 0.464. The molecule has 1 aromatic rings. The van der Waals surface area contributed by atoms with Crippen LogP contribution in [0.2, 0.25) is 0 Å².